The molecule has 5 nitrogen and oxygen atoms in total. The summed E-state index contributed by atoms with van der Waals surface area (Å²) in [5.74, 6) is 0.866. The van der Waals surface area contributed by atoms with Crippen LogP contribution in [0.5, 0.6) is 0 Å². The van der Waals surface area contributed by atoms with Crippen molar-refractivity contribution in [3.63, 3.8) is 0 Å². The van der Waals surface area contributed by atoms with Crippen molar-refractivity contribution in [3.05, 3.63) is 24.3 Å². The van der Waals surface area contributed by atoms with E-state index in [1.54, 1.807) is 12.4 Å². The third-order valence-electron chi connectivity index (χ3n) is 3.20. The van der Waals surface area contributed by atoms with E-state index in [-0.39, 0.29) is 17.3 Å². The highest BCUT2D eigenvalue weighted by atomic mass is 35.5. The largest absolute Gasteiger partial charge is 0.354 e. The van der Waals surface area contributed by atoms with Gasteiger partial charge in [-0.25, -0.2) is 4.98 Å². The van der Waals surface area contributed by atoms with Gasteiger partial charge in [-0.15, -0.1) is 11.6 Å². The molecular formula is C12H13ClN4O. The van der Waals surface area contributed by atoms with Crippen LogP contribution in [0.15, 0.2) is 18.5 Å². The first kappa shape index (κ1) is 11.5. The van der Waals surface area contributed by atoms with Gasteiger partial charge in [0, 0.05) is 19.2 Å². The number of halogens is 1. The van der Waals surface area contributed by atoms with Crippen molar-refractivity contribution >= 4 is 28.5 Å². The summed E-state index contributed by atoms with van der Waals surface area (Å²) in [6, 6.07) is 1.99. The molecule has 6 heteroatoms. The molecule has 1 N–H and O–H groups in total. The molecule has 3 heterocycles. The van der Waals surface area contributed by atoms with Gasteiger partial charge in [0.25, 0.3) is 0 Å². The molecular weight excluding hydrogens is 252 g/mol. The number of carbonyl (C=O) groups is 1. The van der Waals surface area contributed by atoms with Crippen molar-refractivity contribution in [1.29, 1.82) is 0 Å². The summed E-state index contributed by atoms with van der Waals surface area (Å²) < 4.78 is 2.06. The highest BCUT2D eigenvalue weighted by Gasteiger charge is 2.28. The standard InChI is InChI=1S/C12H13ClN4O/c1-7(13)12-16-9-6-14-3-2-10(9)17(12)8-4-11(18)15-5-8/h2-3,6-8H,4-5H2,1H3,(H,15,18). The lowest BCUT2D eigenvalue weighted by atomic mass is 10.2. The number of alkyl halides is 1. The molecule has 2 aromatic heterocycles. The van der Waals surface area contributed by atoms with Gasteiger partial charge in [0.05, 0.1) is 23.1 Å². The number of amides is 1. The van der Waals surface area contributed by atoms with Crippen molar-refractivity contribution in [2.24, 2.45) is 0 Å². The molecule has 0 aromatic carbocycles. The second-order valence-corrected chi connectivity index (χ2v) is 5.14. The molecule has 0 aliphatic carbocycles. The molecule has 2 aromatic rings. The minimum Gasteiger partial charge on any atom is -0.354 e. The Hall–Kier alpha value is -1.62. The fourth-order valence-corrected chi connectivity index (χ4v) is 2.56. The molecule has 0 saturated carbocycles. The number of hydrogen-bond donors (Lipinski definition) is 1. The van der Waals surface area contributed by atoms with Crippen LogP contribution in [0.2, 0.25) is 0 Å². The first-order valence-corrected chi connectivity index (χ1v) is 6.33. The zero-order valence-corrected chi connectivity index (χ0v) is 10.7. The quantitative estimate of drug-likeness (QED) is 0.842. The summed E-state index contributed by atoms with van der Waals surface area (Å²) >= 11 is 6.19. The van der Waals surface area contributed by atoms with Gasteiger partial charge < -0.3 is 9.88 Å². The number of rotatable bonds is 2. The Balaban J connectivity index is 2.18. The summed E-state index contributed by atoms with van der Waals surface area (Å²) in [7, 11) is 0. The van der Waals surface area contributed by atoms with Gasteiger partial charge in [-0.3, -0.25) is 9.78 Å². The summed E-state index contributed by atoms with van der Waals surface area (Å²) in [5.41, 5.74) is 1.80. The first-order valence-electron chi connectivity index (χ1n) is 5.89. The summed E-state index contributed by atoms with van der Waals surface area (Å²) in [4.78, 5) is 20.0. The molecule has 18 heavy (non-hydrogen) atoms. The lowest BCUT2D eigenvalue weighted by molar-refractivity contribution is -0.119. The van der Waals surface area contributed by atoms with Gasteiger partial charge in [-0.05, 0) is 13.0 Å². The van der Waals surface area contributed by atoms with E-state index in [4.69, 9.17) is 11.6 Å². The third kappa shape index (κ3) is 1.75. The molecule has 1 fully saturated rings. The van der Waals surface area contributed by atoms with Crippen LogP contribution >= 0.6 is 11.6 Å². The Bertz CT molecular complexity index is 607. The molecule has 0 spiro atoms. The topological polar surface area (TPSA) is 59.8 Å². The van der Waals surface area contributed by atoms with Crippen LogP contribution in [-0.2, 0) is 4.79 Å². The van der Waals surface area contributed by atoms with E-state index in [2.05, 4.69) is 19.9 Å². The number of nitrogens with one attached hydrogen (secondary N) is 1. The maximum absolute atomic E-state index is 11.4. The molecule has 0 bridgehead atoms. The van der Waals surface area contributed by atoms with E-state index in [0.29, 0.717) is 13.0 Å². The average molecular weight is 265 g/mol. The number of imidazole rings is 1. The van der Waals surface area contributed by atoms with E-state index in [0.717, 1.165) is 16.9 Å². The Morgan fingerprint density at radius 1 is 1.61 bits per heavy atom. The summed E-state index contributed by atoms with van der Waals surface area (Å²) in [5, 5.41) is 2.64. The molecule has 2 unspecified atom stereocenters. The van der Waals surface area contributed by atoms with Crippen molar-refractivity contribution in [2.45, 2.75) is 24.8 Å². The summed E-state index contributed by atoms with van der Waals surface area (Å²) in [6.07, 6.45) is 3.93. The van der Waals surface area contributed by atoms with Crippen molar-refractivity contribution < 1.29 is 4.79 Å². The van der Waals surface area contributed by atoms with Crippen molar-refractivity contribution in [3.8, 4) is 0 Å². The monoisotopic (exact) mass is 264 g/mol. The van der Waals surface area contributed by atoms with Crippen molar-refractivity contribution in [2.75, 3.05) is 6.54 Å². The zero-order valence-electron chi connectivity index (χ0n) is 9.93. The minimum absolute atomic E-state index is 0.0732. The van der Waals surface area contributed by atoms with E-state index in [9.17, 15) is 4.79 Å². The van der Waals surface area contributed by atoms with E-state index < -0.39 is 0 Å². The number of carbonyl (C=O) groups excluding carboxylic acids is 1. The zero-order chi connectivity index (χ0) is 12.7. The predicted molar refractivity (Wildman–Crippen MR) is 68.5 cm³/mol. The van der Waals surface area contributed by atoms with Gasteiger partial charge in [-0.1, -0.05) is 0 Å². The second-order valence-electron chi connectivity index (χ2n) is 4.48. The van der Waals surface area contributed by atoms with Crippen LogP contribution in [0.1, 0.15) is 30.6 Å². The number of pyridine rings is 1. The minimum atomic E-state index is -0.201. The van der Waals surface area contributed by atoms with Gasteiger partial charge in [-0.2, -0.15) is 0 Å². The Morgan fingerprint density at radius 2 is 2.44 bits per heavy atom. The molecule has 1 saturated heterocycles. The third-order valence-corrected chi connectivity index (χ3v) is 3.39. The van der Waals surface area contributed by atoms with Crippen LogP contribution in [0.4, 0.5) is 0 Å². The number of aromatic nitrogens is 3. The van der Waals surface area contributed by atoms with E-state index in [1.807, 2.05) is 13.0 Å². The molecule has 2 atom stereocenters. The van der Waals surface area contributed by atoms with Gasteiger partial charge >= 0.3 is 0 Å². The molecule has 1 aliphatic heterocycles. The van der Waals surface area contributed by atoms with Gasteiger partial charge in [0.2, 0.25) is 5.91 Å². The van der Waals surface area contributed by atoms with Crippen LogP contribution in [0, 0.1) is 0 Å². The Labute approximate surface area is 109 Å². The molecule has 3 rings (SSSR count). The predicted octanol–water partition coefficient (Wildman–Crippen LogP) is 1.79. The fourth-order valence-electron chi connectivity index (χ4n) is 2.41. The highest BCUT2D eigenvalue weighted by Crippen LogP contribution is 2.30. The maximum Gasteiger partial charge on any atom is 0.222 e. The maximum atomic E-state index is 11.4. The Morgan fingerprint density at radius 3 is 3.11 bits per heavy atom. The van der Waals surface area contributed by atoms with Crippen LogP contribution in [0.3, 0.4) is 0 Å². The first-order chi connectivity index (χ1) is 8.66. The van der Waals surface area contributed by atoms with E-state index in [1.165, 1.54) is 0 Å². The number of fused-ring (bicyclic) bond motifs is 1. The normalized spacial score (nSPS) is 21.2. The second kappa shape index (κ2) is 4.24. The lowest BCUT2D eigenvalue weighted by Crippen LogP contribution is -2.17. The fraction of sp³-hybridized carbons (Fsp3) is 0.417. The molecule has 1 aliphatic rings. The smallest absolute Gasteiger partial charge is 0.222 e. The lowest BCUT2D eigenvalue weighted by Gasteiger charge is -2.15. The SMILES string of the molecule is CC(Cl)c1nc2cnccc2n1C1CNC(=O)C1. The highest BCUT2D eigenvalue weighted by molar-refractivity contribution is 6.20. The van der Waals surface area contributed by atoms with Crippen LogP contribution in [-0.4, -0.2) is 27.0 Å². The average Bonchev–Trinajstić information content (AvgIpc) is 2.92. The van der Waals surface area contributed by atoms with Gasteiger partial charge in [0.1, 0.15) is 11.3 Å². The molecule has 0 radical (unpaired) electrons. The van der Waals surface area contributed by atoms with E-state index >= 15 is 0 Å². The van der Waals surface area contributed by atoms with Crippen LogP contribution in [0.25, 0.3) is 11.0 Å². The molecule has 1 amide bonds. The number of nitrogens with zero attached hydrogens (tertiary/aromatic N) is 3. The van der Waals surface area contributed by atoms with Crippen LogP contribution < -0.4 is 5.32 Å². The van der Waals surface area contributed by atoms with Gasteiger partial charge in [0.15, 0.2) is 0 Å². The Kier molecular flexibility index (Phi) is 2.70. The summed E-state index contributed by atoms with van der Waals surface area (Å²) in [6.45, 7) is 2.51. The molecule has 94 valence electrons. The number of hydrogen-bond acceptors (Lipinski definition) is 3. The van der Waals surface area contributed by atoms with Crippen molar-refractivity contribution in [1.82, 2.24) is 19.9 Å².